The Morgan fingerprint density at radius 2 is 1.88 bits per heavy atom. The monoisotopic (exact) mass is 395 g/mol. The fraction of sp³-hybridized carbons (Fsp3) is 0.588. The Morgan fingerprint density at radius 3 is 2.42 bits per heavy atom. The van der Waals surface area contributed by atoms with Crippen LogP contribution in [0.25, 0.3) is 0 Å². The number of nitrogens with zero attached hydrogens (tertiary/aromatic N) is 1. The van der Waals surface area contributed by atoms with E-state index >= 15 is 0 Å². The summed E-state index contributed by atoms with van der Waals surface area (Å²) in [7, 11) is 0. The number of amides is 1. The molecule has 2 N–H and O–H groups in total. The Bertz CT molecular complexity index is 540. The molecular weight excluding hydrogens is 371 g/mol. The first-order valence-electron chi connectivity index (χ1n) is 8.39. The van der Waals surface area contributed by atoms with Gasteiger partial charge >= 0.3 is 6.18 Å². The summed E-state index contributed by atoms with van der Waals surface area (Å²) in [5, 5.41) is 5.45. The van der Waals surface area contributed by atoms with Crippen molar-refractivity contribution in [1.82, 2.24) is 15.5 Å². The van der Waals surface area contributed by atoms with Gasteiger partial charge in [0.1, 0.15) is 6.04 Å². The molecule has 1 fully saturated rings. The van der Waals surface area contributed by atoms with E-state index in [0.717, 1.165) is 0 Å². The zero-order valence-electron chi connectivity index (χ0n) is 14.6. The first kappa shape index (κ1) is 22.7. The second-order valence-corrected chi connectivity index (χ2v) is 5.83. The van der Waals surface area contributed by atoms with Gasteiger partial charge in [-0.25, -0.2) is 0 Å². The lowest BCUT2D eigenvalue weighted by Gasteiger charge is -2.36. The van der Waals surface area contributed by atoms with Crippen molar-refractivity contribution in [2.75, 3.05) is 39.3 Å². The maximum Gasteiger partial charge on any atom is 0.405 e. The van der Waals surface area contributed by atoms with Crippen LogP contribution in [0.2, 0.25) is 0 Å². The van der Waals surface area contributed by atoms with Crippen molar-refractivity contribution in [3.8, 4) is 0 Å². The number of carbonyl (C=O) groups is 1. The molecule has 0 aliphatic carbocycles. The second kappa shape index (κ2) is 10.7. The number of rotatable bonds is 7. The van der Waals surface area contributed by atoms with Crippen LogP contribution in [0.3, 0.4) is 0 Å². The summed E-state index contributed by atoms with van der Waals surface area (Å²) in [6.45, 7) is 3.15. The minimum atomic E-state index is -4.40. The fourth-order valence-electron chi connectivity index (χ4n) is 2.85. The van der Waals surface area contributed by atoms with Gasteiger partial charge in [0.15, 0.2) is 6.10 Å². The van der Waals surface area contributed by atoms with Crippen molar-refractivity contribution in [1.29, 1.82) is 0 Å². The summed E-state index contributed by atoms with van der Waals surface area (Å²) in [5.41, 5.74) is 0.618. The maximum atomic E-state index is 13.4. The van der Waals surface area contributed by atoms with E-state index in [2.05, 4.69) is 10.6 Å². The SMILES string of the molecule is CCOC(C(=O)NCC(N1CCNCC1)C(F)(F)F)c1ccccc1.Cl. The highest BCUT2D eigenvalue weighted by Crippen LogP contribution is 2.25. The molecule has 2 rings (SSSR count). The molecule has 1 aliphatic heterocycles. The third kappa shape index (κ3) is 6.42. The van der Waals surface area contributed by atoms with Gasteiger partial charge in [-0.15, -0.1) is 12.4 Å². The predicted molar refractivity (Wildman–Crippen MR) is 95.4 cm³/mol. The molecule has 148 valence electrons. The predicted octanol–water partition coefficient (Wildman–Crippen LogP) is 2.14. The van der Waals surface area contributed by atoms with Crippen LogP contribution in [0.5, 0.6) is 0 Å². The number of nitrogens with one attached hydrogen (secondary N) is 2. The lowest BCUT2D eigenvalue weighted by Crippen LogP contribution is -2.57. The molecule has 1 amide bonds. The van der Waals surface area contributed by atoms with Crippen LogP contribution in [-0.4, -0.2) is 62.4 Å². The Labute approximate surface area is 157 Å². The van der Waals surface area contributed by atoms with Crippen LogP contribution >= 0.6 is 12.4 Å². The zero-order valence-corrected chi connectivity index (χ0v) is 15.4. The van der Waals surface area contributed by atoms with Crippen molar-refractivity contribution in [2.24, 2.45) is 0 Å². The lowest BCUT2D eigenvalue weighted by molar-refractivity contribution is -0.184. The standard InChI is InChI=1S/C17H24F3N3O2.ClH/c1-2-25-15(13-6-4-3-5-7-13)16(24)22-12-14(17(18,19)20)23-10-8-21-9-11-23;/h3-7,14-15,21H,2,8-12H2,1H3,(H,22,24);1H. The van der Waals surface area contributed by atoms with Crippen LogP contribution in [0.4, 0.5) is 13.2 Å². The number of carbonyl (C=O) groups excluding carboxylic acids is 1. The number of ether oxygens (including phenoxy) is 1. The Morgan fingerprint density at radius 1 is 1.27 bits per heavy atom. The highest BCUT2D eigenvalue weighted by molar-refractivity contribution is 5.85. The van der Waals surface area contributed by atoms with E-state index < -0.39 is 30.8 Å². The smallest absolute Gasteiger partial charge is 0.364 e. The van der Waals surface area contributed by atoms with E-state index in [-0.39, 0.29) is 19.0 Å². The molecule has 0 radical (unpaired) electrons. The summed E-state index contributed by atoms with van der Waals surface area (Å²) in [5.74, 6) is -0.558. The molecule has 1 aromatic rings. The van der Waals surface area contributed by atoms with Crippen molar-refractivity contribution in [3.63, 3.8) is 0 Å². The minimum absolute atomic E-state index is 0. The molecule has 0 bridgehead atoms. The fourth-order valence-corrected chi connectivity index (χ4v) is 2.85. The van der Waals surface area contributed by atoms with Gasteiger partial charge < -0.3 is 15.4 Å². The second-order valence-electron chi connectivity index (χ2n) is 5.83. The summed E-state index contributed by atoms with van der Waals surface area (Å²) in [6, 6.07) is 7.06. The van der Waals surface area contributed by atoms with E-state index in [4.69, 9.17) is 4.74 Å². The Kier molecular flexibility index (Phi) is 9.35. The number of hydrogen-bond donors (Lipinski definition) is 2. The van der Waals surface area contributed by atoms with Gasteiger partial charge in [-0.1, -0.05) is 30.3 Å². The van der Waals surface area contributed by atoms with Gasteiger partial charge in [0, 0.05) is 39.3 Å². The molecule has 1 heterocycles. The quantitative estimate of drug-likeness (QED) is 0.742. The normalized spacial score (nSPS) is 17.8. The summed E-state index contributed by atoms with van der Waals surface area (Å²) in [4.78, 5) is 13.8. The molecule has 0 spiro atoms. The summed E-state index contributed by atoms with van der Waals surface area (Å²) >= 11 is 0. The largest absolute Gasteiger partial charge is 0.405 e. The first-order chi connectivity index (χ1) is 11.9. The average Bonchev–Trinajstić information content (AvgIpc) is 2.60. The van der Waals surface area contributed by atoms with Crippen LogP contribution in [0, 0.1) is 0 Å². The number of hydrogen-bond acceptors (Lipinski definition) is 4. The molecule has 5 nitrogen and oxygen atoms in total. The van der Waals surface area contributed by atoms with Crippen molar-refractivity contribution in [2.45, 2.75) is 25.2 Å². The molecule has 26 heavy (non-hydrogen) atoms. The third-order valence-electron chi connectivity index (χ3n) is 4.11. The molecule has 0 saturated carbocycles. The molecule has 0 aromatic heterocycles. The van der Waals surface area contributed by atoms with E-state index in [1.165, 1.54) is 4.90 Å². The van der Waals surface area contributed by atoms with Crippen molar-refractivity contribution in [3.05, 3.63) is 35.9 Å². The number of alkyl halides is 3. The Balaban J connectivity index is 0.00000338. The van der Waals surface area contributed by atoms with Crippen LogP contribution in [0.15, 0.2) is 30.3 Å². The van der Waals surface area contributed by atoms with Crippen LogP contribution in [0.1, 0.15) is 18.6 Å². The first-order valence-corrected chi connectivity index (χ1v) is 8.39. The summed E-state index contributed by atoms with van der Waals surface area (Å²) < 4.78 is 45.6. The van der Waals surface area contributed by atoms with E-state index in [9.17, 15) is 18.0 Å². The molecule has 1 aliphatic rings. The highest BCUT2D eigenvalue weighted by atomic mass is 35.5. The Hall–Kier alpha value is -1.35. The van der Waals surface area contributed by atoms with Gasteiger partial charge in [-0.3, -0.25) is 9.69 Å². The minimum Gasteiger partial charge on any atom is -0.364 e. The number of halogens is 4. The maximum absolute atomic E-state index is 13.4. The number of benzene rings is 1. The van der Waals surface area contributed by atoms with Gasteiger partial charge in [0.2, 0.25) is 0 Å². The van der Waals surface area contributed by atoms with Crippen LogP contribution in [-0.2, 0) is 9.53 Å². The average molecular weight is 396 g/mol. The molecule has 9 heteroatoms. The van der Waals surface area contributed by atoms with Crippen molar-refractivity contribution >= 4 is 18.3 Å². The van der Waals surface area contributed by atoms with Crippen LogP contribution < -0.4 is 10.6 Å². The topological polar surface area (TPSA) is 53.6 Å². The molecular formula is C17H25ClF3N3O2. The highest BCUT2D eigenvalue weighted by Gasteiger charge is 2.44. The molecule has 2 atom stereocenters. The lowest BCUT2D eigenvalue weighted by atomic mass is 10.1. The van der Waals surface area contributed by atoms with Gasteiger partial charge in [-0.2, -0.15) is 13.2 Å². The van der Waals surface area contributed by atoms with E-state index in [1.807, 2.05) is 0 Å². The van der Waals surface area contributed by atoms with E-state index in [0.29, 0.717) is 31.7 Å². The van der Waals surface area contributed by atoms with Gasteiger partial charge in [-0.05, 0) is 12.5 Å². The summed E-state index contributed by atoms with van der Waals surface area (Å²) in [6.07, 6.45) is -5.32. The van der Waals surface area contributed by atoms with Crippen molar-refractivity contribution < 1.29 is 22.7 Å². The molecule has 1 aromatic carbocycles. The van der Waals surface area contributed by atoms with Gasteiger partial charge in [0.25, 0.3) is 5.91 Å². The zero-order chi connectivity index (χ0) is 18.3. The molecule has 2 unspecified atom stereocenters. The van der Waals surface area contributed by atoms with E-state index in [1.54, 1.807) is 37.3 Å². The molecule has 1 saturated heterocycles. The van der Waals surface area contributed by atoms with Gasteiger partial charge in [0.05, 0.1) is 0 Å². The number of piperazine rings is 1. The third-order valence-corrected chi connectivity index (χ3v) is 4.11.